The number of para-hydroxylation sites is 1. The highest BCUT2D eigenvalue weighted by atomic mass is 16.5. The van der Waals surface area contributed by atoms with Gasteiger partial charge >= 0.3 is 0 Å². The molecule has 94 valence electrons. The van der Waals surface area contributed by atoms with E-state index in [4.69, 9.17) is 4.74 Å². The van der Waals surface area contributed by atoms with Gasteiger partial charge in [0.15, 0.2) is 0 Å². The predicted octanol–water partition coefficient (Wildman–Crippen LogP) is 3.48. The van der Waals surface area contributed by atoms with Crippen LogP contribution in [0.1, 0.15) is 50.3 Å². The number of aliphatic hydroxyl groups excluding tert-OH is 1. The molecule has 1 aliphatic heterocycles. The zero-order valence-electron chi connectivity index (χ0n) is 10.8. The van der Waals surface area contributed by atoms with Gasteiger partial charge < -0.3 is 9.84 Å². The number of fused-ring (bicyclic) bond motifs is 1. The van der Waals surface area contributed by atoms with Crippen molar-refractivity contribution in [2.24, 2.45) is 5.92 Å². The first kappa shape index (κ1) is 12.4. The van der Waals surface area contributed by atoms with Crippen molar-refractivity contribution in [2.75, 3.05) is 6.61 Å². The van der Waals surface area contributed by atoms with Crippen molar-refractivity contribution in [1.82, 2.24) is 0 Å². The number of hydrogen-bond acceptors (Lipinski definition) is 2. The Morgan fingerprint density at radius 1 is 1.29 bits per heavy atom. The third-order valence-electron chi connectivity index (χ3n) is 3.34. The van der Waals surface area contributed by atoms with E-state index in [9.17, 15) is 5.11 Å². The minimum atomic E-state index is -0.384. The third-order valence-corrected chi connectivity index (χ3v) is 3.34. The van der Waals surface area contributed by atoms with Gasteiger partial charge in [-0.15, -0.1) is 0 Å². The summed E-state index contributed by atoms with van der Waals surface area (Å²) in [7, 11) is 0. The Balaban J connectivity index is 2.14. The molecule has 1 heterocycles. The van der Waals surface area contributed by atoms with Crippen molar-refractivity contribution < 1.29 is 9.84 Å². The van der Waals surface area contributed by atoms with Gasteiger partial charge in [0.2, 0.25) is 0 Å². The molecule has 1 N–H and O–H groups in total. The lowest BCUT2D eigenvalue weighted by Crippen LogP contribution is -2.12. The molecule has 1 unspecified atom stereocenters. The molecular weight excluding hydrogens is 212 g/mol. The molecule has 1 aromatic carbocycles. The van der Waals surface area contributed by atoms with Gasteiger partial charge in [0.1, 0.15) is 5.75 Å². The Hall–Kier alpha value is -1.02. The Kier molecular flexibility index (Phi) is 4.06. The van der Waals surface area contributed by atoms with Gasteiger partial charge in [-0.1, -0.05) is 32.0 Å². The average molecular weight is 234 g/mol. The zero-order valence-corrected chi connectivity index (χ0v) is 10.8. The van der Waals surface area contributed by atoms with E-state index in [2.05, 4.69) is 19.9 Å². The lowest BCUT2D eigenvalue weighted by molar-refractivity contribution is 0.152. The molecule has 0 amide bonds. The van der Waals surface area contributed by atoms with Gasteiger partial charge in [-0.05, 0) is 37.2 Å². The lowest BCUT2D eigenvalue weighted by atomic mass is 9.95. The monoisotopic (exact) mass is 234 g/mol. The number of ether oxygens (including phenoxy) is 1. The molecule has 0 aromatic heterocycles. The smallest absolute Gasteiger partial charge is 0.128 e. The van der Waals surface area contributed by atoms with Crippen molar-refractivity contribution >= 4 is 0 Å². The van der Waals surface area contributed by atoms with E-state index in [1.807, 2.05) is 12.1 Å². The Morgan fingerprint density at radius 3 is 2.88 bits per heavy atom. The topological polar surface area (TPSA) is 29.5 Å². The lowest BCUT2D eigenvalue weighted by Gasteiger charge is -2.23. The zero-order chi connectivity index (χ0) is 12.3. The van der Waals surface area contributed by atoms with Crippen LogP contribution in [0.15, 0.2) is 18.2 Å². The second kappa shape index (κ2) is 5.54. The third kappa shape index (κ3) is 3.01. The van der Waals surface area contributed by atoms with Gasteiger partial charge in [-0.3, -0.25) is 0 Å². The van der Waals surface area contributed by atoms with Gasteiger partial charge in [-0.25, -0.2) is 0 Å². The van der Waals surface area contributed by atoms with Gasteiger partial charge in [0.05, 0.1) is 12.7 Å². The molecule has 1 aromatic rings. The minimum absolute atomic E-state index is 0.384. The van der Waals surface area contributed by atoms with E-state index in [-0.39, 0.29) is 6.10 Å². The van der Waals surface area contributed by atoms with Crippen molar-refractivity contribution in [2.45, 2.75) is 45.6 Å². The van der Waals surface area contributed by atoms with E-state index in [0.717, 1.165) is 43.6 Å². The predicted molar refractivity (Wildman–Crippen MR) is 69.3 cm³/mol. The van der Waals surface area contributed by atoms with Crippen LogP contribution in [0.3, 0.4) is 0 Å². The standard InChI is InChI=1S/C15H22O2/c1-11(2)8-9-14(16)13-7-3-5-12-6-4-10-17-15(12)13/h3,5,7,11,14,16H,4,6,8-10H2,1-2H3. The summed E-state index contributed by atoms with van der Waals surface area (Å²) in [5.74, 6) is 1.57. The van der Waals surface area contributed by atoms with Gasteiger partial charge in [0.25, 0.3) is 0 Å². The van der Waals surface area contributed by atoms with Crippen LogP contribution in [-0.2, 0) is 6.42 Å². The molecule has 0 radical (unpaired) electrons. The SMILES string of the molecule is CC(C)CCC(O)c1cccc2c1OCCC2. The van der Waals surface area contributed by atoms with Crippen LogP contribution in [0.2, 0.25) is 0 Å². The van der Waals surface area contributed by atoms with Crippen molar-refractivity contribution in [3.8, 4) is 5.75 Å². The van der Waals surface area contributed by atoms with Gasteiger partial charge in [0, 0.05) is 5.56 Å². The summed E-state index contributed by atoms with van der Waals surface area (Å²) in [6, 6.07) is 6.13. The van der Waals surface area contributed by atoms with Crippen molar-refractivity contribution in [3.63, 3.8) is 0 Å². The molecule has 17 heavy (non-hydrogen) atoms. The molecule has 1 atom stereocenters. The maximum Gasteiger partial charge on any atom is 0.128 e. The highest BCUT2D eigenvalue weighted by Crippen LogP contribution is 2.34. The fraction of sp³-hybridized carbons (Fsp3) is 0.600. The maximum atomic E-state index is 10.2. The van der Waals surface area contributed by atoms with E-state index < -0.39 is 0 Å². The van der Waals surface area contributed by atoms with Crippen LogP contribution in [0, 0.1) is 5.92 Å². The normalized spacial score (nSPS) is 16.5. The Morgan fingerprint density at radius 2 is 2.12 bits per heavy atom. The van der Waals surface area contributed by atoms with Gasteiger partial charge in [-0.2, -0.15) is 0 Å². The van der Waals surface area contributed by atoms with Crippen LogP contribution in [0.5, 0.6) is 5.75 Å². The number of rotatable bonds is 4. The molecule has 0 bridgehead atoms. The van der Waals surface area contributed by atoms with E-state index in [1.54, 1.807) is 0 Å². The second-order valence-electron chi connectivity index (χ2n) is 5.27. The second-order valence-corrected chi connectivity index (χ2v) is 5.27. The highest BCUT2D eigenvalue weighted by molar-refractivity contribution is 5.43. The fourth-order valence-corrected chi connectivity index (χ4v) is 2.32. The quantitative estimate of drug-likeness (QED) is 0.864. The summed E-state index contributed by atoms with van der Waals surface area (Å²) in [5, 5.41) is 10.2. The van der Waals surface area contributed by atoms with Crippen LogP contribution in [0.25, 0.3) is 0 Å². The summed E-state index contributed by atoms with van der Waals surface area (Å²) < 4.78 is 5.72. The molecule has 0 aliphatic carbocycles. The first-order valence-electron chi connectivity index (χ1n) is 6.61. The first-order chi connectivity index (χ1) is 8.18. The van der Waals surface area contributed by atoms with E-state index in [1.165, 1.54) is 5.56 Å². The number of aliphatic hydroxyl groups is 1. The maximum absolute atomic E-state index is 10.2. The summed E-state index contributed by atoms with van der Waals surface area (Å²) in [6.45, 7) is 5.15. The fourth-order valence-electron chi connectivity index (χ4n) is 2.32. The van der Waals surface area contributed by atoms with Crippen molar-refractivity contribution in [3.05, 3.63) is 29.3 Å². The summed E-state index contributed by atoms with van der Waals surface area (Å²) >= 11 is 0. The minimum Gasteiger partial charge on any atom is -0.493 e. The largest absolute Gasteiger partial charge is 0.493 e. The van der Waals surface area contributed by atoms with Crippen LogP contribution < -0.4 is 4.74 Å². The van der Waals surface area contributed by atoms with Crippen LogP contribution >= 0.6 is 0 Å². The highest BCUT2D eigenvalue weighted by Gasteiger charge is 2.19. The Bertz CT molecular complexity index is 371. The molecule has 2 heteroatoms. The van der Waals surface area contributed by atoms with Crippen LogP contribution in [-0.4, -0.2) is 11.7 Å². The first-order valence-corrected chi connectivity index (χ1v) is 6.61. The van der Waals surface area contributed by atoms with E-state index in [0.29, 0.717) is 5.92 Å². The van der Waals surface area contributed by atoms with Crippen LogP contribution in [0.4, 0.5) is 0 Å². The summed E-state index contributed by atoms with van der Waals surface area (Å²) in [6.07, 6.45) is 3.63. The molecular formula is C15H22O2. The Labute approximate surface area is 104 Å². The molecule has 0 saturated heterocycles. The molecule has 1 aliphatic rings. The number of aryl methyl sites for hydroxylation is 1. The molecule has 0 fully saturated rings. The number of hydrogen-bond donors (Lipinski definition) is 1. The molecule has 0 spiro atoms. The summed E-state index contributed by atoms with van der Waals surface area (Å²) in [4.78, 5) is 0. The molecule has 2 rings (SSSR count). The molecule has 0 saturated carbocycles. The van der Waals surface area contributed by atoms with E-state index >= 15 is 0 Å². The average Bonchev–Trinajstić information content (AvgIpc) is 2.35. The number of benzene rings is 1. The summed E-state index contributed by atoms with van der Waals surface area (Å²) in [5.41, 5.74) is 2.22. The van der Waals surface area contributed by atoms with Crippen molar-refractivity contribution in [1.29, 1.82) is 0 Å². The molecule has 2 nitrogen and oxygen atoms in total.